The third-order valence-electron chi connectivity index (χ3n) is 1.83. The van der Waals surface area contributed by atoms with Crippen molar-refractivity contribution in [2.45, 2.75) is 19.2 Å². The monoisotopic (exact) mass is 170 g/mol. The highest BCUT2D eigenvalue weighted by molar-refractivity contribution is 4.91. The molecule has 11 heavy (non-hydrogen) atoms. The molecule has 1 saturated heterocycles. The van der Waals surface area contributed by atoms with Crippen molar-refractivity contribution >= 4 is 0 Å². The van der Waals surface area contributed by atoms with Crippen molar-refractivity contribution in [3.8, 4) is 0 Å². The second-order valence-electron chi connectivity index (χ2n) is 3.09. The Morgan fingerprint density at radius 2 is 1.91 bits per heavy atom. The molecular weight excluding hydrogens is 161 g/mol. The zero-order chi connectivity index (χ0) is 8.70. The highest BCUT2D eigenvalue weighted by Gasteiger charge is 2.53. The first kappa shape index (κ1) is 8.80. The Kier molecular flexibility index (Phi) is 1.88. The van der Waals surface area contributed by atoms with Gasteiger partial charge in [0.2, 0.25) is 0 Å². The summed E-state index contributed by atoms with van der Waals surface area (Å²) in [7, 11) is 0. The quantitative estimate of drug-likeness (QED) is 0.634. The zero-order valence-electron chi connectivity index (χ0n) is 5.98. The van der Waals surface area contributed by atoms with Gasteiger partial charge < -0.3 is 9.84 Å². The Morgan fingerprint density at radius 1 is 1.45 bits per heavy atom. The van der Waals surface area contributed by atoms with E-state index in [4.69, 9.17) is 5.11 Å². The highest BCUT2D eigenvalue weighted by Crippen LogP contribution is 2.38. The van der Waals surface area contributed by atoms with Gasteiger partial charge in [-0.2, -0.15) is 13.2 Å². The van der Waals surface area contributed by atoms with E-state index >= 15 is 0 Å². The second-order valence-corrected chi connectivity index (χ2v) is 3.09. The molecule has 0 spiro atoms. The summed E-state index contributed by atoms with van der Waals surface area (Å²) in [6.07, 6.45) is -6.79. The van der Waals surface area contributed by atoms with Gasteiger partial charge in [0.25, 0.3) is 0 Å². The first-order valence-electron chi connectivity index (χ1n) is 3.19. The lowest BCUT2D eigenvalue weighted by molar-refractivity contribution is -0.279. The summed E-state index contributed by atoms with van der Waals surface area (Å²) >= 11 is 0. The Labute approximate surface area is 62.0 Å². The van der Waals surface area contributed by atoms with Gasteiger partial charge in [0, 0.05) is 5.41 Å². The minimum atomic E-state index is -4.53. The summed E-state index contributed by atoms with van der Waals surface area (Å²) in [5, 5.41) is 8.76. The van der Waals surface area contributed by atoms with E-state index in [2.05, 4.69) is 4.74 Å². The molecule has 0 radical (unpaired) electrons. The summed E-state index contributed by atoms with van der Waals surface area (Å²) in [4.78, 5) is 0. The molecule has 1 N–H and O–H groups in total. The zero-order valence-corrected chi connectivity index (χ0v) is 5.98. The van der Waals surface area contributed by atoms with E-state index in [1.807, 2.05) is 0 Å². The van der Waals surface area contributed by atoms with Crippen molar-refractivity contribution in [3.05, 3.63) is 0 Å². The van der Waals surface area contributed by atoms with Crippen LogP contribution in [0.5, 0.6) is 0 Å². The second kappa shape index (κ2) is 2.35. The van der Waals surface area contributed by atoms with Crippen LogP contribution >= 0.6 is 0 Å². The fourth-order valence-electron chi connectivity index (χ4n) is 0.977. The van der Waals surface area contributed by atoms with E-state index in [0.29, 0.717) is 0 Å². The summed E-state index contributed by atoms with van der Waals surface area (Å²) in [5.74, 6) is 0. The van der Waals surface area contributed by atoms with E-state index in [9.17, 15) is 13.2 Å². The molecule has 1 aliphatic heterocycles. The summed E-state index contributed by atoms with van der Waals surface area (Å²) in [6, 6.07) is 0. The minimum Gasteiger partial charge on any atom is -0.383 e. The van der Waals surface area contributed by atoms with E-state index in [0.717, 1.165) is 0 Å². The summed E-state index contributed by atoms with van der Waals surface area (Å²) < 4.78 is 40.2. The van der Waals surface area contributed by atoms with Crippen LogP contribution in [0.2, 0.25) is 0 Å². The van der Waals surface area contributed by atoms with Crippen LogP contribution in [-0.2, 0) is 4.74 Å². The Balaban J connectivity index is 2.60. The van der Waals surface area contributed by atoms with Gasteiger partial charge in [-0.1, -0.05) is 6.92 Å². The lowest BCUT2D eigenvalue weighted by atomic mass is 9.82. The molecule has 0 aromatic rings. The number of halogens is 3. The van der Waals surface area contributed by atoms with Crippen molar-refractivity contribution < 1.29 is 23.0 Å². The first-order valence-corrected chi connectivity index (χ1v) is 3.19. The fraction of sp³-hybridized carbons (Fsp3) is 1.00. The molecule has 0 unspecified atom stereocenters. The average molecular weight is 170 g/mol. The number of aliphatic hydroxyl groups is 1. The summed E-state index contributed by atoms with van der Waals surface area (Å²) in [6.45, 7) is 1.32. The molecule has 0 aromatic carbocycles. The van der Waals surface area contributed by atoms with Gasteiger partial charge in [-0.25, -0.2) is 0 Å². The number of hydrogen-bond acceptors (Lipinski definition) is 2. The van der Waals surface area contributed by atoms with Crippen LogP contribution in [0.1, 0.15) is 6.92 Å². The highest BCUT2D eigenvalue weighted by atomic mass is 19.4. The lowest BCUT2D eigenvalue weighted by Gasteiger charge is -2.42. The molecule has 1 heterocycles. The molecule has 66 valence electrons. The Bertz CT molecular complexity index is 150. The number of aliphatic hydroxyl groups excluding tert-OH is 1. The fourth-order valence-corrected chi connectivity index (χ4v) is 0.977. The molecule has 1 fully saturated rings. The number of alkyl halides is 3. The van der Waals surface area contributed by atoms with Crippen molar-refractivity contribution in [2.24, 2.45) is 5.41 Å². The standard InChI is InChI=1S/C6H9F3O2/c1-5(2-11-3-5)4(10)6(7,8)9/h4,10H,2-3H2,1H3/t4-/m1/s1. The van der Waals surface area contributed by atoms with Gasteiger partial charge in [-0.05, 0) is 0 Å². The van der Waals surface area contributed by atoms with Crippen LogP contribution in [0.25, 0.3) is 0 Å². The first-order chi connectivity index (χ1) is 4.86. The van der Waals surface area contributed by atoms with Crippen LogP contribution in [0.15, 0.2) is 0 Å². The van der Waals surface area contributed by atoms with Gasteiger partial charge in [-0.3, -0.25) is 0 Å². The van der Waals surface area contributed by atoms with Gasteiger partial charge in [0.15, 0.2) is 6.10 Å². The summed E-state index contributed by atoms with van der Waals surface area (Å²) in [5.41, 5.74) is -1.13. The van der Waals surface area contributed by atoms with Crippen LogP contribution in [0.3, 0.4) is 0 Å². The van der Waals surface area contributed by atoms with Gasteiger partial charge in [-0.15, -0.1) is 0 Å². The Morgan fingerprint density at radius 3 is 2.00 bits per heavy atom. The maximum absolute atomic E-state index is 11.9. The third kappa shape index (κ3) is 1.49. The minimum absolute atomic E-state index is 0.0202. The third-order valence-corrected chi connectivity index (χ3v) is 1.83. The van der Waals surface area contributed by atoms with E-state index in [1.165, 1.54) is 6.92 Å². The molecule has 2 nitrogen and oxygen atoms in total. The molecule has 0 aliphatic carbocycles. The predicted octanol–water partition coefficient (Wildman–Crippen LogP) is 0.946. The van der Waals surface area contributed by atoms with Crippen molar-refractivity contribution in [1.29, 1.82) is 0 Å². The van der Waals surface area contributed by atoms with Crippen molar-refractivity contribution in [3.63, 3.8) is 0 Å². The Hall–Kier alpha value is -0.290. The lowest BCUT2D eigenvalue weighted by Crippen LogP contribution is -2.54. The van der Waals surface area contributed by atoms with Crippen LogP contribution < -0.4 is 0 Å². The van der Waals surface area contributed by atoms with Crippen molar-refractivity contribution in [2.75, 3.05) is 13.2 Å². The van der Waals surface area contributed by atoms with Crippen LogP contribution in [0.4, 0.5) is 13.2 Å². The largest absolute Gasteiger partial charge is 0.415 e. The molecule has 0 saturated carbocycles. The maximum Gasteiger partial charge on any atom is 0.415 e. The number of rotatable bonds is 1. The smallest absolute Gasteiger partial charge is 0.383 e. The van der Waals surface area contributed by atoms with E-state index in [1.54, 1.807) is 0 Å². The average Bonchev–Trinajstić information content (AvgIpc) is 1.79. The van der Waals surface area contributed by atoms with Gasteiger partial charge in [0.1, 0.15) is 0 Å². The number of ether oxygens (including phenoxy) is 1. The van der Waals surface area contributed by atoms with Crippen molar-refractivity contribution in [1.82, 2.24) is 0 Å². The molecule has 1 aliphatic rings. The molecule has 1 atom stereocenters. The molecule has 5 heteroatoms. The van der Waals surface area contributed by atoms with Gasteiger partial charge >= 0.3 is 6.18 Å². The molecule has 1 rings (SSSR count). The van der Waals surface area contributed by atoms with E-state index in [-0.39, 0.29) is 13.2 Å². The maximum atomic E-state index is 11.9. The molecule has 0 amide bonds. The van der Waals surface area contributed by atoms with E-state index < -0.39 is 17.7 Å². The molecule has 0 aromatic heterocycles. The topological polar surface area (TPSA) is 29.5 Å². The van der Waals surface area contributed by atoms with Gasteiger partial charge in [0.05, 0.1) is 13.2 Å². The van der Waals surface area contributed by atoms with Crippen LogP contribution in [-0.4, -0.2) is 30.6 Å². The van der Waals surface area contributed by atoms with Crippen LogP contribution in [0, 0.1) is 5.41 Å². The normalized spacial score (nSPS) is 25.9. The SMILES string of the molecule is CC1([C@@H](O)C(F)(F)F)COC1. The molecule has 0 bridgehead atoms. The molecular formula is C6H9F3O2. The number of hydrogen-bond donors (Lipinski definition) is 1. The predicted molar refractivity (Wildman–Crippen MR) is 31.0 cm³/mol.